The topological polar surface area (TPSA) is 49.3 Å². The van der Waals surface area contributed by atoms with Crippen molar-refractivity contribution >= 4 is 23.0 Å². The van der Waals surface area contributed by atoms with Crippen molar-refractivity contribution < 1.29 is 9.90 Å². The van der Waals surface area contributed by atoms with Crippen molar-refractivity contribution in [1.82, 2.24) is 5.32 Å². The number of rotatable bonds is 1. The summed E-state index contributed by atoms with van der Waals surface area (Å²) in [6.45, 7) is 4.78. The minimum absolute atomic E-state index is 0. The van der Waals surface area contributed by atoms with E-state index in [9.17, 15) is 4.79 Å². The molecule has 0 aromatic carbocycles. The van der Waals surface area contributed by atoms with E-state index in [1.807, 2.05) is 13.8 Å². The first-order valence-electron chi connectivity index (χ1n) is 3.50. The van der Waals surface area contributed by atoms with E-state index in [0.717, 1.165) is 13.0 Å². The summed E-state index contributed by atoms with van der Waals surface area (Å²) in [4.78, 5) is 10.6. The number of halogens is 1. The monoisotopic (exact) mass is 223 g/mol. The van der Waals surface area contributed by atoms with Crippen molar-refractivity contribution in [2.75, 3.05) is 6.54 Å². The first kappa shape index (κ1) is 10.9. The Bertz CT molecular complexity index is 159. The van der Waals surface area contributed by atoms with Crippen LogP contribution in [0.5, 0.6) is 0 Å². The van der Waals surface area contributed by atoms with E-state index in [0.29, 0.717) is 0 Å². The van der Waals surface area contributed by atoms with Gasteiger partial charge in [-0.2, -0.15) is 0 Å². The highest BCUT2D eigenvalue weighted by atomic mass is 79.9. The van der Waals surface area contributed by atoms with Crippen LogP contribution in [0.2, 0.25) is 0 Å². The lowest BCUT2D eigenvalue weighted by atomic mass is 9.85. The smallest absolute Gasteiger partial charge is 0.321 e. The third kappa shape index (κ3) is 2.17. The molecule has 0 radical (unpaired) electrons. The summed E-state index contributed by atoms with van der Waals surface area (Å²) < 4.78 is 0. The van der Waals surface area contributed by atoms with Gasteiger partial charge in [0.05, 0.1) is 0 Å². The highest BCUT2D eigenvalue weighted by Crippen LogP contribution is 2.29. The quantitative estimate of drug-likeness (QED) is 0.699. The van der Waals surface area contributed by atoms with E-state index in [1.165, 1.54) is 0 Å². The van der Waals surface area contributed by atoms with Gasteiger partial charge in [0.1, 0.15) is 6.04 Å². The Labute approximate surface area is 76.9 Å². The standard InChI is InChI=1S/C7H13NO2.BrH/c1-7(2)3-4-8-5(7)6(9)10;/h5,8H,3-4H2,1-2H3,(H,9,10);1H/t5-;/m1./s1. The summed E-state index contributed by atoms with van der Waals surface area (Å²) in [6, 6.07) is -0.354. The molecule has 0 saturated carbocycles. The second-order valence-corrected chi connectivity index (χ2v) is 3.46. The summed E-state index contributed by atoms with van der Waals surface area (Å²) in [5.41, 5.74) is -0.0775. The van der Waals surface area contributed by atoms with Gasteiger partial charge in [-0.05, 0) is 18.4 Å². The average Bonchev–Trinajstić information content (AvgIpc) is 2.08. The number of aliphatic carboxylic acids is 1. The normalized spacial score (nSPS) is 27.6. The number of hydrogen-bond acceptors (Lipinski definition) is 2. The minimum atomic E-state index is -0.734. The second-order valence-electron chi connectivity index (χ2n) is 3.46. The number of carboxylic acid groups (broad SMARTS) is 1. The van der Waals surface area contributed by atoms with Gasteiger partial charge in [-0.15, -0.1) is 17.0 Å². The molecule has 11 heavy (non-hydrogen) atoms. The molecule has 4 heteroatoms. The molecule has 1 heterocycles. The third-order valence-electron chi connectivity index (χ3n) is 2.15. The Morgan fingerprint density at radius 1 is 1.64 bits per heavy atom. The Hall–Kier alpha value is -0.0900. The number of nitrogens with one attached hydrogen (secondary N) is 1. The van der Waals surface area contributed by atoms with Gasteiger partial charge in [0.15, 0.2) is 0 Å². The molecule has 0 aliphatic carbocycles. The highest BCUT2D eigenvalue weighted by molar-refractivity contribution is 8.93. The molecule has 0 spiro atoms. The Morgan fingerprint density at radius 3 is 2.36 bits per heavy atom. The molecular weight excluding hydrogens is 210 g/mol. The van der Waals surface area contributed by atoms with Crippen molar-refractivity contribution in [2.24, 2.45) is 5.41 Å². The van der Waals surface area contributed by atoms with Gasteiger partial charge in [-0.3, -0.25) is 4.79 Å². The molecule has 1 aliphatic rings. The molecule has 1 fully saturated rings. The van der Waals surface area contributed by atoms with Crippen molar-refractivity contribution in [3.05, 3.63) is 0 Å². The van der Waals surface area contributed by atoms with Crippen molar-refractivity contribution in [3.63, 3.8) is 0 Å². The molecular formula is C7H14BrNO2. The molecule has 2 N–H and O–H groups in total. The van der Waals surface area contributed by atoms with E-state index in [2.05, 4.69) is 5.32 Å². The summed E-state index contributed by atoms with van der Waals surface area (Å²) in [5.74, 6) is -0.734. The number of carbonyl (C=O) groups is 1. The molecule has 1 atom stereocenters. The van der Waals surface area contributed by atoms with Gasteiger partial charge in [-0.25, -0.2) is 0 Å². The number of carboxylic acids is 1. The molecule has 0 aromatic heterocycles. The van der Waals surface area contributed by atoms with Crippen LogP contribution in [0.25, 0.3) is 0 Å². The summed E-state index contributed by atoms with van der Waals surface area (Å²) in [5, 5.41) is 11.6. The Kier molecular flexibility index (Phi) is 3.51. The fourth-order valence-electron chi connectivity index (χ4n) is 1.38. The first-order valence-corrected chi connectivity index (χ1v) is 3.50. The van der Waals surface area contributed by atoms with E-state index >= 15 is 0 Å². The molecule has 1 saturated heterocycles. The number of hydrogen-bond donors (Lipinski definition) is 2. The zero-order chi connectivity index (χ0) is 7.78. The summed E-state index contributed by atoms with van der Waals surface area (Å²) in [6.07, 6.45) is 0.948. The summed E-state index contributed by atoms with van der Waals surface area (Å²) >= 11 is 0. The largest absolute Gasteiger partial charge is 0.480 e. The van der Waals surface area contributed by atoms with Crippen LogP contribution in [0.1, 0.15) is 20.3 Å². The molecule has 0 aromatic rings. The predicted octanol–water partition coefficient (Wildman–Crippen LogP) is 1.04. The molecule has 1 aliphatic heterocycles. The Balaban J connectivity index is 0.000001000. The van der Waals surface area contributed by atoms with E-state index in [1.54, 1.807) is 0 Å². The van der Waals surface area contributed by atoms with E-state index < -0.39 is 5.97 Å². The van der Waals surface area contributed by atoms with E-state index in [4.69, 9.17) is 5.11 Å². The molecule has 0 unspecified atom stereocenters. The fraction of sp³-hybridized carbons (Fsp3) is 0.857. The van der Waals surface area contributed by atoms with Crippen LogP contribution in [0, 0.1) is 5.41 Å². The van der Waals surface area contributed by atoms with Gasteiger partial charge in [-0.1, -0.05) is 13.8 Å². The van der Waals surface area contributed by atoms with Crippen LogP contribution in [-0.2, 0) is 4.79 Å². The molecule has 0 bridgehead atoms. The van der Waals surface area contributed by atoms with Crippen molar-refractivity contribution in [1.29, 1.82) is 0 Å². The van der Waals surface area contributed by atoms with Crippen LogP contribution in [0.3, 0.4) is 0 Å². The lowest BCUT2D eigenvalue weighted by Crippen LogP contribution is -2.39. The molecule has 3 nitrogen and oxygen atoms in total. The summed E-state index contributed by atoms with van der Waals surface area (Å²) in [7, 11) is 0. The Morgan fingerprint density at radius 2 is 2.18 bits per heavy atom. The maximum Gasteiger partial charge on any atom is 0.321 e. The van der Waals surface area contributed by atoms with Gasteiger partial charge >= 0.3 is 5.97 Å². The molecule has 1 rings (SSSR count). The van der Waals surface area contributed by atoms with Crippen LogP contribution >= 0.6 is 17.0 Å². The van der Waals surface area contributed by atoms with Crippen LogP contribution in [0.4, 0.5) is 0 Å². The van der Waals surface area contributed by atoms with Crippen LogP contribution < -0.4 is 5.32 Å². The maximum atomic E-state index is 10.6. The zero-order valence-electron chi connectivity index (χ0n) is 6.76. The SMILES string of the molecule is Br.CC1(C)CCN[C@@H]1C(=O)O. The predicted molar refractivity (Wildman–Crippen MR) is 48.1 cm³/mol. The molecule has 66 valence electrons. The lowest BCUT2D eigenvalue weighted by Gasteiger charge is -2.21. The van der Waals surface area contributed by atoms with Crippen LogP contribution in [-0.4, -0.2) is 23.7 Å². The van der Waals surface area contributed by atoms with Crippen molar-refractivity contribution in [2.45, 2.75) is 26.3 Å². The minimum Gasteiger partial charge on any atom is -0.480 e. The fourth-order valence-corrected chi connectivity index (χ4v) is 1.38. The maximum absolute atomic E-state index is 10.6. The molecule has 0 amide bonds. The second kappa shape index (κ2) is 3.54. The van der Waals surface area contributed by atoms with Crippen LogP contribution in [0.15, 0.2) is 0 Å². The van der Waals surface area contributed by atoms with Crippen molar-refractivity contribution in [3.8, 4) is 0 Å². The van der Waals surface area contributed by atoms with Gasteiger partial charge in [0.2, 0.25) is 0 Å². The van der Waals surface area contributed by atoms with E-state index in [-0.39, 0.29) is 28.4 Å². The third-order valence-corrected chi connectivity index (χ3v) is 2.15. The van der Waals surface area contributed by atoms with Gasteiger partial charge < -0.3 is 10.4 Å². The lowest BCUT2D eigenvalue weighted by molar-refractivity contribution is -0.141. The first-order chi connectivity index (χ1) is 4.54. The van der Waals surface area contributed by atoms with Gasteiger partial charge in [0, 0.05) is 0 Å². The zero-order valence-corrected chi connectivity index (χ0v) is 8.47. The average molecular weight is 224 g/mol. The highest BCUT2D eigenvalue weighted by Gasteiger charge is 2.38. The van der Waals surface area contributed by atoms with Gasteiger partial charge in [0.25, 0.3) is 0 Å².